The van der Waals surface area contributed by atoms with Crippen LogP contribution in [-0.4, -0.2) is 5.78 Å². The van der Waals surface area contributed by atoms with Crippen molar-refractivity contribution in [3.05, 3.63) is 65.7 Å². The van der Waals surface area contributed by atoms with Gasteiger partial charge in [0.25, 0.3) is 0 Å². The number of carbonyl (C=O) groups excluding carboxylic acids is 1. The van der Waals surface area contributed by atoms with Crippen molar-refractivity contribution in [1.29, 1.82) is 0 Å². The molecule has 17 heavy (non-hydrogen) atoms. The number of carbonyl (C=O) groups is 1. The summed E-state index contributed by atoms with van der Waals surface area (Å²) in [7, 11) is 0. The van der Waals surface area contributed by atoms with Gasteiger partial charge in [-0.2, -0.15) is 0 Å². The summed E-state index contributed by atoms with van der Waals surface area (Å²) in [6.07, 6.45) is 3.63. The molecule has 0 aliphatic heterocycles. The lowest BCUT2D eigenvalue weighted by atomic mass is 10.2. The summed E-state index contributed by atoms with van der Waals surface area (Å²) in [6.45, 7) is 2.08. The Morgan fingerprint density at radius 3 is 2.82 bits per heavy atom. The molecule has 0 N–H and O–H groups in total. The van der Waals surface area contributed by atoms with Crippen molar-refractivity contribution in [1.82, 2.24) is 0 Å². The van der Waals surface area contributed by atoms with Crippen LogP contribution in [0.5, 0.6) is 0 Å². The van der Waals surface area contributed by atoms with Gasteiger partial charge in [-0.1, -0.05) is 12.1 Å². The molecule has 2 nitrogen and oxygen atoms in total. The Hall–Kier alpha value is -2.03. The maximum atomic E-state index is 13.0. The molecule has 0 aliphatic carbocycles. The van der Waals surface area contributed by atoms with Crippen LogP contribution in [-0.2, 0) is 6.54 Å². The minimum atomic E-state index is -0.245. The van der Waals surface area contributed by atoms with Crippen molar-refractivity contribution in [2.75, 3.05) is 0 Å². The second kappa shape index (κ2) is 4.87. The van der Waals surface area contributed by atoms with E-state index in [0.717, 1.165) is 5.56 Å². The van der Waals surface area contributed by atoms with Crippen molar-refractivity contribution in [2.24, 2.45) is 0 Å². The minimum absolute atomic E-state index is 0.0265. The molecule has 0 fully saturated rings. The van der Waals surface area contributed by atoms with Crippen LogP contribution in [0.4, 0.5) is 4.39 Å². The van der Waals surface area contributed by atoms with E-state index in [1.807, 2.05) is 22.9 Å². The molecule has 0 atom stereocenters. The summed E-state index contributed by atoms with van der Waals surface area (Å²) in [4.78, 5) is 11.2. The van der Waals surface area contributed by atoms with Gasteiger partial charge in [0.1, 0.15) is 5.82 Å². The van der Waals surface area contributed by atoms with E-state index < -0.39 is 0 Å². The number of halogens is 1. The molecule has 1 aromatic carbocycles. The molecule has 86 valence electrons. The number of benzene rings is 1. The standard InChI is InChI=1S/C14H13FNO/c1-11(17)13-5-3-7-16(10-13)9-12-4-2-6-14(15)8-12/h2-8,10H,9H2,1H3/q+1. The van der Waals surface area contributed by atoms with Crippen molar-refractivity contribution in [3.63, 3.8) is 0 Å². The van der Waals surface area contributed by atoms with Gasteiger partial charge >= 0.3 is 0 Å². The third-order valence-electron chi connectivity index (χ3n) is 2.52. The summed E-state index contributed by atoms with van der Waals surface area (Å²) in [6, 6.07) is 10.0. The highest BCUT2D eigenvalue weighted by Gasteiger charge is 2.07. The van der Waals surface area contributed by atoms with Gasteiger partial charge in [-0.25, -0.2) is 8.96 Å². The maximum Gasteiger partial charge on any atom is 0.179 e. The van der Waals surface area contributed by atoms with Crippen LogP contribution in [0.1, 0.15) is 22.8 Å². The molecule has 0 aliphatic rings. The van der Waals surface area contributed by atoms with Gasteiger partial charge in [0.15, 0.2) is 24.7 Å². The van der Waals surface area contributed by atoms with Crippen molar-refractivity contribution < 1.29 is 13.8 Å². The first-order valence-electron chi connectivity index (χ1n) is 5.39. The van der Waals surface area contributed by atoms with Crippen LogP contribution in [0.25, 0.3) is 0 Å². The van der Waals surface area contributed by atoms with Crippen LogP contribution in [0.15, 0.2) is 48.8 Å². The van der Waals surface area contributed by atoms with Gasteiger partial charge in [-0.15, -0.1) is 0 Å². The summed E-state index contributed by atoms with van der Waals surface area (Å²) < 4.78 is 14.9. The maximum absolute atomic E-state index is 13.0. The zero-order valence-electron chi connectivity index (χ0n) is 9.56. The second-order valence-corrected chi connectivity index (χ2v) is 3.95. The van der Waals surface area contributed by atoms with Crippen LogP contribution < -0.4 is 4.57 Å². The Morgan fingerprint density at radius 2 is 2.12 bits per heavy atom. The largest absolute Gasteiger partial charge is 0.294 e. The predicted molar refractivity (Wildman–Crippen MR) is 62.1 cm³/mol. The number of nitrogens with zero attached hydrogens (tertiary/aromatic N) is 1. The van der Waals surface area contributed by atoms with E-state index in [1.165, 1.54) is 19.1 Å². The molecule has 3 heteroatoms. The topological polar surface area (TPSA) is 20.9 Å². The molecular formula is C14H13FNO+. The van der Waals surface area contributed by atoms with E-state index in [1.54, 1.807) is 18.3 Å². The Kier molecular flexibility index (Phi) is 3.28. The molecule has 0 amide bonds. The third kappa shape index (κ3) is 2.97. The molecule has 2 aromatic rings. The quantitative estimate of drug-likeness (QED) is 0.585. The fourth-order valence-corrected chi connectivity index (χ4v) is 1.67. The highest BCUT2D eigenvalue weighted by Crippen LogP contribution is 2.03. The van der Waals surface area contributed by atoms with E-state index >= 15 is 0 Å². The highest BCUT2D eigenvalue weighted by atomic mass is 19.1. The number of pyridine rings is 1. The van der Waals surface area contributed by atoms with Gasteiger partial charge in [0.2, 0.25) is 0 Å². The van der Waals surface area contributed by atoms with Crippen molar-refractivity contribution in [2.45, 2.75) is 13.5 Å². The number of ketones is 1. The van der Waals surface area contributed by atoms with Crippen LogP contribution in [0.2, 0.25) is 0 Å². The van der Waals surface area contributed by atoms with Crippen LogP contribution >= 0.6 is 0 Å². The first-order chi connectivity index (χ1) is 8.15. The average Bonchev–Trinajstić information content (AvgIpc) is 2.29. The van der Waals surface area contributed by atoms with Gasteiger partial charge in [0.05, 0.1) is 5.56 Å². The van der Waals surface area contributed by atoms with Crippen molar-refractivity contribution in [3.8, 4) is 0 Å². The smallest absolute Gasteiger partial charge is 0.179 e. The molecule has 2 rings (SSSR count). The zero-order chi connectivity index (χ0) is 12.3. The van der Waals surface area contributed by atoms with Gasteiger partial charge < -0.3 is 0 Å². The molecule has 0 radical (unpaired) electrons. The lowest BCUT2D eigenvalue weighted by Gasteiger charge is -1.99. The number of Topliss-reactive ketones (excluding diaryl/α,β-unsaturated/α-hetero) is 1. The van der Waals surface area contributed by atoms with Crippen molar-refractivity contribution >= 4 is 5.78 Å². The van der Waals surface area contributed by atoms with Crippen LogP contribution in [0.3, 0.4) is 0 Å². The predicted octanol–water partition coefficient (Wildman–Crippen LogP) is 2.36. The van der Waals surface area contributed by atoms with Crippen LogP contribution in [0, 0.1) is 5.82 Å². The molecular weight excluding hydrogens is 217 g/mol. The summed E-state index contributed by atoms with van der Waals surface area (Å²) in [5.41, 5.74) is 1.53. The Labute approximate surface area is 99.3 Å². The number of rotatable bonds is 3. The Bertz CT molecular complexity index is 551. The van der Waals surface area contributed by atoms with E-state index in [2.05, 4.69) is 0 Å². The average molecular weight is 230 g/mol. The second-order valence-electron chi connectivity index (χ2n) is 3.95. The minimum Gasteiger partial charge on any atom is -0.294 e. The lowest BCUT2D eigenvalue weighted by Crippen LogP contribution is -2.34. The Balaban J connectivity index is 2.24. The first-order valence-corrected chi connectivity index (χ1v) is 5.39. The monoisotopic (exact) mass is 230 g/mol. The molecule has 0 saturated carbocycles. The van der Waals surface area contributed by atoms with Gasteiger partial charge in [-0.05, 0) is 25.1 Å². The van der Waals surface area contributed by atoms with E-state index in [0.29, 0.717) is 12.1 Å². The SMILES string of the molecule is CC(=O)c1ccc[n+](Cc2cccc(F)c2)c1. The zero-order valence-corrected chi connectivity index (χ0v) is 9.56. The molecule has 0 spiro atoms. The summed E-state index contributed by atoms with van der Waals surface area (Å²) >= 11 is 0. The Morgan fingerprint density at radius 1 is 1.29 bits per heavy atom. The van der Waals surface area contributed by atoms with E-state index in [-0.39, 0.29) is 11.6 Å². The molecule has 0 unspecified atom stereocenters. The molecule has 1 aromatic heterocycles. The highest BCUT2D eigenvalue weighted by molar-refractivity contribution is 5.93. The number of hydrogen-bond acceptors (Lipinski definition) is 1. The normalized spacial score (nSPS) is 10.2. The molecule has 0 saturated heterocycles. The number of hydrogen-bond donors (Lipinski definition) is 0. The van der Waals surface area contributed by atoms with Gasteiger partial charge in [-0.3, -0.25) is 4.79 Å². The van der Waals surface area contributed by atoms with Gasteiger partial charge in [0, 0.05) is 11.6 Å². The fourth-order valence-electron chi connectivity index (χ4n) is 1.67. The fraction of sp³-hybridized carbons (Fsp3) is 0.143. The first kappa shape index (κ1) is 11.5. The third-order valence-corrected chi connectivity index (χ3v) is 2.52. The number of aromatic nitrogens is 1. The summed E-state index contributed by atoms with van der Waals surface area (Å²) in [5.74, 6) is -0.218. The lowest BCUT2D eigenvalue weighted by molar-refractivity contribution is -0.688. The summed E-state index contributed by atoms with van der Waals surface area (Å²) in [5, 5.41) is 0. The molecule has 1 heterocycles. The molecule has 0 bridgehead atoms. The van der Waals surface area contributed by atoms with E-state index in [9.17, 15) is 9.18 Å². The van der Waals surface area contributed by atoms with E-state index in [4.69, 9.17) is 0 Å².